The molecule has 1 atom stereocenters. The van der Waals surface area contributed by atoms with E-state index in [-0.39, 0.29) is 17.6 Å². The van der Waals surface area contributed by atoms with Crippen LogP contribution < -0.4 is 0 Å². The molecule has 0 aliphatic rings. The van der Waals surface area contributed by atoms with Crippen molar-refractivity contribution in [2.45, 2.75) is 84.2 Å². The van der Waals surface area contributed by atoms with Crippen LogP contribution in [0.1, 0.15) is 54.4 Å². The number of esters is 1. The van der Waals surface area contributed by atoms with Crippen LogP contribution in [0.3, 0.4) is 0 Å². The SMILES string of the molecule is CC(C)(C)OC(=O)C(CCCO)O[Si](C)(C)C(C)(C)C. The lowest BCUT2D eigenvalue weighted by Gasteiger charge is -2.39. The second-order valence-corrected chi connectivity index (χ2v) is 12.5. The second-order valence-electron chi connectivity index (χ2n) is 7.77. The third kappa shape index (κ3) is 6.86. The molecular formula is C15H32O4Si. The minimum absolute atomic E-state index is 0.0342. The van der Waals surface area contributed by atoms with Gasteiger partial charge < -0.3 is 14.3 Å². The Labute approximate surface area is 125 Å². The summed E-state index contributed by atoms with van der Waals surface area (Å²) >= 11 is 0. The number of hydrogen-bond donors (Lipinski definition) is 1. The number of ether oxygens (including phenoxy) is 1. The minimum Gasteiger partial charge on any atom is -0.458 e. The maximum atomic E-state index is 12.3. The van der Waals surface area contributed by atoms with Crippen LogP contribution in [0.2, 0.25) is 18.1 Å². The van der Waals surface area contributed by atoms with E-state index in [0.717, 1.165) is 0 Å². The van der Waals surface area contributed by atoms with Crippen molar-refractivity contribution in [3.05, 3.63) is 0 Å². The van der Waals surface area contributed by atoms with Gasteiger partial charge in [-0.25, -0.2) is 4.79 Å². The summed E-state index contributed by atoms with van der Waals surface area (Å²) in [6.45, 7) is 16.2. The molecule has 0 heterocycles. The van der Waals surface area contributed by atoms with E-state index in [4.69, 9.17) is 14.3 Å². The molecule has 20 heavy (non-hydrogen) atoms. The smallest absolute Gasteiger partial charge is 0.334 e. The van der Waals surface area contributed by atoms with Crippen molar-refractivity contribution in [2.24, 2.45) is 0 Å². The van der Waals surface area contributed by atoms with Crippen LogP contribution in [0.5, 0.6) is 0 Å². The Bertz CT molecular complexity index is 313. The third-order valence-corrected chi connectivity index (χ3v) is 8.02. The van der Waals surface area contributed by atoms with Crippen LogP contribution in [0.25, 0.3) is 0 Å². The van der Waals surface area contributed by atoms with Gasteiger partial charge in [0.2, 0.25) is 0 Å². The predicted molar refractivity (Wildman–Crippen MR) is 84.2 cm³/mol. The van der Waals surface area contributed by atoms with E-state index < -0.39 is 20.0 Å². The van der Waals surface area contributed by atoms with Gasteiger partial charge in [-0.1, -0.05) is 20.8 Å². The lowest BCUT2D eigenvalue weighted by atomic mass is 10.1. The molecule has 0 aromatic heterocycles. The Morgan fingerprint density at radius 3 is 2.00 bits per heavy atom. The van der Waals surface area contributed by atoms with Crippen molar-refractivity contribution in [2.75, 3.05) is 6.61 Å². The minimum atomic E-state index is -2.04. The van der Waals surface area contributed by atoms with Crippen molar-refractivity contribution >= 4 is 14.3 Å². The van der Waals surface area contributed by atoms with E-state index >= 15 is 0 Å². The van der Waals surface area contributed by atoms with Gasteiger partial charge >= 0.3 is 5.97 Å². The number of hydrogen-bond acceptors (Lipinski definition) is 4. The van der Waals surface area contributed by atoms with Gasteiger partial charge in [0, 0.05) is 6.61 Å². The molecule has 5 heteroatoms. The van der Waals surface area contributed by atoms with E-state index in [1.54, 1.807) is 0 Å². The van der Waals surface area contributed by atoms with Gasteiger partial charge in [0.1, 0.15) is 11.7 Å². The zero-order valence-corrected chi connectivity index (χ0v) is 15.4. The fraction of sp³-hybridized carbons (Fsp3) is 0.933. The van der Waals surface area contributed by atoms with Gasteiger partial charge in [-0.05, 0) is 51.7 Å². The van der Waals surface area contributed by atoms with Gasteiger partial charge in [0.15, 0.2) is 8.32 Å². The standard InChI is InChI=1S/C15H32O4Si/c1-14(2,3)18-13(17)12(10-9-11-16)19-20(7,8)15(4,5)6/h12,16H,9-11H2,1-8H3. The molecule has 0 aromatic carbocycles. The summed E-state index contributed by atoms with van der Waals surface area (Å²) in [7, 11) is -2.04. The van der Waals surface area contributed by atoms with Gasteiger partial charge in [0.25, 0.3) is 0 Å². The molecule has 0 saturated carbocycles. The molecule has 0 aliphatic carbocycles. The predicted octanol–water partition coefficient (Wildman–Crippen LogP) is 3.49. The summed E-state index contributed by atoms with van der Waals surface area (Å²) in [5.74, 6) is -0.323. The number of aliphatic hydroxyl groups excluding tert-OH is 1. The molecule has 0 rings (SSSR count). The quantitative estimate of drug-likeness (QED) is 0.603. The Balaban J connectivity index is 4.94. The average Bonchev–Trinajstić information content (AvgIpc) is 2.19. The van der Waals surface area contributed by atoms with Gasteiger partial charge in [-0.3, -0.25) is 0 Å². The number of rotatable bonds is 6. The van der Waals surface area contributed by atoms with Crippen LogP contribution >= 0.6 is 0 Å². The molecule has 0 radical (unpaired) electrons. The molecule has 120 valence electrons. The first kappa shape index (κ1) is 19.6. The van der Waals surface area contributed by atoms with Crippen LogP contribution in [0.4, 0.5) is 0 Å². The van der Waals surface area contributed by atoms with Crippen LogP contribution in [0.15, 0.2) is 0 Å². The molecular weight excluding hydrogens is 272 g/mol. The molecule has 0 bridgehead atoms. The lowest BCUT2D eigenvalue weighted by molar-refractivity contribution is -0.164. The zero-order chi connectivity index (χ0) is 16.2. The first-order valence-corrected chi connectivity index (χ1v) is 10.2. The first-order valence-electron chi connectivity index (χ1n) is 7.32. The monoisotopic (exact) mass is 304 g/mol. The fourth-order valence-electron chi connectivity index (χ4n) is 1.40. The molecule has 1 N–H and O–H groups in total. The Hall–Kier alpha value is -0.393. The summed E-state index contributed by atoms with van der Waals surface area (Å²) in [5, 5.41) is 9.03. The van der Waals surface area contributed by atoms with Crippen molar-refractivity contribution in [3.8, 4) is 0 Å². The topological polar surface area (TPSA) is 55.8 Å². The Kier molecular flexibility index (Phi) is 6.91. The fourth-order valence-corrected chi connectivity index (χ4v) is 2.68. The molecule has 0 aliphatic heterocycles. The third-order valence-electron chi connectivity index (χ3n) is 3.54. The van der Waals surface area contributed by atoms with Crippen molar-refractivity contribution < 1.29 is 19.1 Å². The molecule has 0 aromatic rings. The summed E-state index contributed by atoms with van der Waals surface area (Å²) < 4.78 is 11.6. The number of carbonyl (C=O) groups excluding carboxylic acids is 1. The van der Waals surface area contributed by atoms with E-state index in [1.165, 1.54) is 0 Å². The van der Waals surface area contributed by atoms with E-state index in [2.05, 4.69) is 33.9 Å². The zero-order valence-electron chi connectivity index (χ0n) is 14.4. The van der Waals surface area contributed by atoms with E-state index in [0.29, 0.717) is 12.8 Å². The summed E-state index contributed by atoms with van der Waals surface area (Å²) in [4.78, 5) is 12.3. The Morgan fingerprint density at radius 2 is 1.65 bits per heavy atom. The van der Waals surface area contributed by atoms with Crippen LogP contribution in [-0.2, 0) is 14.0 Å². The maximum Gasteiger partial charge on any atom is 0.334 e. The maximum absolute atomic E-state index is 12.3. The lowest BCUT2D eigenvalue weighted by Crippen LogP contribution is -2.47. The van der Waals surface area contributed by atoms with Crippen molar-refractivity contribution in [3.63, 3.8) is 0 Å². The van der Waals surface area contributed by atoms with Crippen molar-refractivity contribution in [1.82, 2.24) is 0 Å². The summed E-state index contributed by atoms with van der Waals surface area (Å²) in [6, 6.07) is 0. The van der Waals surface area contributed by atoms with Crippen LogP contribution in [-0.4, -0.2) is 37.7 Å². The first-order chi connectivity index (χ1) is 8.80. The molecule has 1 unspecified atom stereocenters. The summed E-state index contributed by atoms with van der Waals surface area (Å²) in [5.41, 5.74) is -0.522. The van der Waals surface area contributed by atoms with Gasteiger partial charge in [-0.2, -0.15) is 0 Å². The summed E-state index contributed by atoms with van der Waals surface area (Å²) in [6.07, 6.45) is 0.457. The molecule has 4 nitrogen and oxygen atoms in total. The normalized spacial score (nSPS) is 15.1. The second kappa shape index (κ2) is 7.05. The molecule has 0 fully saturated rings. The molecule has 0 amide bonds. The van der Waals surface area contributed by atoms with E-state index in [9.17, 15) is 4.79 Å². The highest BCUT2D eigenvalue weighted by Crippen LogP contribution is 2.38. The largest absolute Gasteiger partial charge is 0.458 e. The average molecular weight is 305 g/mol. The highest BCUT2D eigenvalue weighted by Gasteiger charge is 2.41. The van der Waals surface area contributed by atoms with E-state index in [1.807, 2.05) is 20.8 Å². The number of aliphatic hydroxyl groups is 1. The van der Waals surface area contributed by atoms with Gasteiger partial charge in [0.05, 0.1) is 0 Å². The highest BCUT2D eigenvalue weighted by molar-refractivity contribution is 6.74. The van der Waals surface area contributed by atoms with Crippen LogP contribution in [0, 0.1) is 0 Å². The number of carbonyl (C=O) groups is 1. The van der Waals surface area contributed by atoms with Crippen molar-refractivity contribution in [1.29, 1.82) is 0 Å². The molecule has 0 spiro atoms. The molecule has 0 saturated heterocycles. The van der Waals surface area contributed by atoms with Gasteiger partial charge in [-0.15, -0.1) is 0 Å². The Morgan fingerprint density at radius 1 is 1.15 bits per heavy atom. The highest BCUT2D eigenvalue weighted by atomic mass is 28.4.